The standard InChI is InChI=1S/C15H17ClN4O/c1-4-17-14-12(16)7-11(8-18-14)15(21)20-13-6-5-9(2)19-10(13)3/h5-8H,4H2,1-3H3,(H,17,18)(H,20,21). The molecular formula is C15H17ClN4O. The Morgan fingerprint density at radius 3 is 2.71 bits per heavy atom. The largest absolute Gasteiger partial charge is 0.369 e. The van der Waals surface area contributed by atoms with Crippen molar-refractivity contribution in [3.05, 3.63) is 46.4 Å². The summed E-state index contributed by atoms with van der Waals surface area (Å²) in [5.74, 6) is 0.310. The van der Waals surface area contributed by atoms with E-state index < -0.39 is 0 Å². The van der Waals surface area contributed by atoms with Crippen LogP contribution in [0.25, 0.3) is 0 Å². The smallest absolute Gasteiger partial charge is 0.257 e. The van der Waals surface area contributed by atoms with Crippen LogP contribution in [-0.2, 0) is 0 Å². The molecule has 0 bridgehead atoms. The van der Waals surface area contributed by atoms with Gasteiger partial charge in [0.2, 0.25) is 0 Å². The van der Waals surface area contributed by atoms with Gasteiger partial charge in [0.15, 0.2) is 0 Å². The number of amides is 1. The molecule has 2 rings (SSSR count). The Kier molecular flexibility index (Phi) is 4.75. The molecule has 0 unspecified atom stereocenters. The highest BCUT2D eigenvalue weighted by atomic mass is 35.5. The molecule has 0 aliphatic carbocycles. The highest BCUT2D eigenvalue weighted by Crippen LogP contribution is 2.21. The quantitative estimate of drug-likeness (QED) is 0.908. The number of nitrogens with zero attached hydrogens (tertiary/aromatic N) is 2. The van der Waals surface area contributed by atoms with Crippen LogP contribution in [0.5, 0.6) is 0 Å². The maximum Gasteiger partial charge on any atom is 0.257 e. The fourth-order valence-corrected chi connectivity index (χ4v) is 2.11. The predicted molar refractivity (Wildman–Crippen MR) is 85.1 cm³/mol. The molecule has 110 valence electrons. The van der Waals surface area contributed by atoms with Gasteiger partial charge in [0, 0.05) is 18.4 Å². The Morgan fingerprint density at radius 2 is 2.10 bits per heavy atom. The lowest BCUT2D eigenvalue weighted by molar-refractivity contribution is 0.102. The van der Waals surface area contributed by atoms with Crippen LogP contribution in [0.3, 0.4) is 0 Å². The Morgan fingerprint density at radius 1 is 1.33 bits per heavy atom. The third-order valence-corrected chi connectivity index (χ3v) is 3.21. The summed E-state index contributed by atoms with van der Waals surface area (Å²) in [6.07, 6.45) is 1.50. The van der Waals surface area contributed by atoms with Crippen molar-refractivity contribution in [1.29, 1.82) is 0 Å². The average Bonchev–Trinajstić information content (AvgIpc) is 2.44. The molecule has 0 aromatic carbocycles. The second-order valence-electron chi connectivity index (χ2n) is 4.62. The van der Waals surface area contributed by atoms with Crippen LogP contribution < -0.4 is 10.6 Å². The predicted octanol–water partition coefficient (Wildman–Crippen LogP) is 3.43. The van der Waals surface area contributed by atoms with Crippen LogP contribution in [0.2, 0.25) is 5.02 Å². The van der Waals surface area contributed by atoms with E-state index in [1.54, 1.807) is 6.07 Å². The van der Waals surface area contributed by atoms with Gasteiger partial charge in [0.05, 0.1) is 22.0 Å². The van der Waals surface area contributed by atoms with E-state index in [9.17, 15) is 4.79 Å². The number of aromatic nitrogens is 2. The molecule has 21 heavy (non-hydrogen) atoms. The van der Waals surface area contributed by atoms with Crippen LogP contribution in [0.4, 0.5) is 11.5 Å². The van der Waals surface area contributed by atoms with E-state index in [1.165, 1.54) is 6.20 Å². The van der Waals surface area contributed by atoms with Gasteiger partial charge >= 0.3 is 0 Å². The van der Waals surface area contributed by atoms with E-state index in [1.807, 2.05) is 32.9 Å². The average molecular weight is 305 g/mol. The molecule has 2 aromatic heterocycles. The molecule has 0 radical (unpaired) electrons. The molecule has 6 heteroatoms. The topological polar surface area (TPSA) is 66.9 Å². The zero-order valence-corrected chi connectivity index (χ0v) is 13.0. The Bertz CT molecular complexity index is 673. The van der Waals surface area contributed by atoms with Gasteiger partial charge in [-0.25, -0.2) is 4.98 Å². The molecule has 5 nitrogen and oxygen atoms in total. The summed E-state index contributed by atoms with van der Waals surface area (Å²) in [6, 6.07) is 5.28. The molecule has 2 N–H and O–H groups in total. The molecule has 1 amide bonds. The molecule has 0 aliphatic heterocycles. The van der Waals surface area contributed by atoms with Crippen LogP contribution in [0, 0.1) is 13.8 Å². The van der Waals surface area contributed by atoms with Crippen LogP contribution in [0.15, 0.2) is 24.4 Å². The van der Waals surface area contributed by atoms with E-state index in [-0.39, 0.29) is 5.91 Å². The number of carbonyl (C=O) groups is 1. The maximum absolute atomic E-state index is 12.2. The first-order chi connectivity index (χ1) is 10.0. The number of halogens is 1. The molecule has 0 atom stereocenters. The first-order valence-electron chi connectivity index (χ1n) is 6.66. The minimum atomic E-state index is -0.263. The lowest BCUT2D eigenvalue weighted by atomic mass is 10.2. The van der Waals surface area contributed by atoms with Crippen molar-refractivity contribution in [2.45, 2.75) is 20.8 Å². The molecular weight excluding hydrogens is 288 g/mol. The summed E-state index contributed by atoms with van der Waals surface area (Å²) in [6.45, 7) is 6.42. The SMILES string of the molecule is CCNc1ncc(C(=O)Nc2ccc(C)nc2C)cc1Cl. The molecule has 2 heterocycles. The van der Waals surface area contributed by atoms with E-state index in [0.717, 1.165) is 11.4 Å². The monoisotopic (exact) mass is 304 g/mol. The summed E-state index contributed by atoms with van der Waals surface area (Å²) in [5.41, 5.74) is 2.76. The van der Waals surface area contributed by atoms with Crippen molar-refractivity contribution < 1.29 is 4.79 Å². The van der Waals surface area contributed by atoms with Crippen molar-refractivity contribution in [2.24, 2.45) is 0 Å². The van der Waals surface area contributed by atoms with E-state index >= 15 is 0 Å². The third kappa shape index (κ3) is 3.70. The number of hydrogen-bond acceptors (Lipinski definition) is 4. The molecule has 0 spiro atoms. The lowest BCUT2D eigenvalue weighted by Gasteiger charge is -2.10. The normalized spacial score (nSPS) is 10.3. The fraction of sp³-hybridized carbons (Fsp3) is 0.267. The summed E-state index contributed by atoms with van der Waals surface area (Å²) >= 11 is 6.09. The first-order valence-corrected chi connectivity index (χ1v) is 7.04. The van der Waals surface area contributed by atoms with Crippen LogP contribution in [-0.4, -0.2) is 22.4 Å². The zero-order chi connectivity index (χ0) is 15.4. The number of hydrogen-bond donors (Lipinski definition) is 2. The number of rotatable bonds is 4. The van der Waals surface area contributed by atoms with Gasteiger partial charge in [-0.05, 0) is 39.0 Å². The van der Waals surface area contributed by atoms with Crippen LogP contribution in [0.1, 0.15) is 28.7 Å². The van der Waals surface area contributed by atoms with Gasteiger partial charge in [0.1, 0.15) is 5.82 Å². The second-order valence-corrected chi connectivity index (χ2v) is 5.03. The minimum absolute atomic E-state index is 0.263. The Balaban J connectivity index is 2.18. The summed E-state index contributed by atoms with van der Waals surface area (Å²) < 4.78 is 0. The lowest BCUT2D eigenvalue weighted by Crippen LogP contribution is -2.14. The molecule has 0 saturated heterocycles. The highest BCUT2D eigenvalue weighted by Gasteiger charge is 2.11. The van der Waals surface area contributed by atoms with E-state index in [0.29, 0.717) is 28.6 Å². The van der Waals surface area contributed by atoms with Crippen LogP contribution >= 0.6 is 11.6 Å². The van der Waals surface area contributed by atoms with Gasteiger partial charge in [-0.1, -0.05) is 11.6 Å². The third-order valence-electron chi connectivity index (χ3n) is 2.92. The number of aryl methyl sites for hydroxylation is 2. The minimum Gasteiger partial charge on any atom is -0.369 e. The summed E-state index contributed by atoms with van der Waals surface area (Å²) in [7, 11) is 0. The van der Waals surface area contributed by atoms with Crippen molar-refractivity contribution in [2.75, 3.05) is 17.2 Å². The first kappa shape index (κ1) is 15.3. The summed E-state index contributed by atoms with van der Waals surface area (Å²) in [4.78, 5) is 20.7. The van der Waals surface area contributed by atoms with Gasteiger partial charge < -0.3 is 10.6 Å². The molecule has 0 saturated carbocycles. The molecule has 0 fully saturated rings. The second kappa shape index (κ2) is 6.54. The van der Waals surface area contributed by atoms with E-state index in [4.69, 9.17) is 11.6 Å². The Labute approximate surface area is 128 Å². The Hall–Kier alpha value is -2.14. The van der Waals surface area contributed by atoms with Crippen molar-refractivity contribution in [3.63, 3.8) is 0 Å². The molecule has 0 aliphatic rings. The van der Waals surface area contributed by atoms with Gasteiger partial charge in [-0.2, -0.15) is 0 Å². The van der Waals surface area contributed by atoms with Gasteiger partial charge in [0.25, 0.3) is 5.91 Å². The fourth-order valence-electron chi connectivity index (χ4n) is 1.87. The highest BCUT2D eigenvalue weighted by molar-refractivity contribution is 6.33. The number of anilines is 2. The number of carbonyl (C=O) groups excluding carboxylic acids is 1. The van der Waals surface area contributed by atoms with Gasteiger partial charge in [-0.3, -0.25) is 9.78 Å². The van der Waals surface area contributed by atoms with Gasteiger partial charge in [-0.15, -0.1) is 0 Å². The molecule has 2 aromatic rings. The maximum atomic E-state index is 12.2. The van der Waals surface area contributed by atoms with Crippen molar-refractivity contribution >= 4 is 29.0 Å². The van der Waals surface area contributed by atoms with Crippen molar-refractivity contribution in [3.8, 4) is 0 Å². The summed E-state index contributed by atoms with van der Waals surface area (Å²) in [5, 5.41) is 6.25. The zero-order valence-electron chi connectivity index (χ0n) is 12.2. The number of pyridine rings is 2. The number of nitrogens with one attached hydrogen (secondary N) is 2. The van der Waals surface area contributed by atoms with Crippen molar-refractivity contribution in [1.82, 2.24) is 9.97 Å². The van der Waals surface area contributed by atoms with E-state index in [2.05, 4.69) is 20.6 Å².